The summed E-state index contributed by atoms with van der Waals surface area (Å²) in [4.78, 5) is 15.3. The van der Waals surface area contributed by atoms with E-state index in [4.69, 9.17) is 0 Å². The molecule has 0 spiro atoms. The van der Waals surface area contributed by atoms with E-state index in [2.05, 4.69) is 15.6 Å². The highest BCUT2D eigenvalue weighted by molar-refractivity contribution is 5.77. The molecule has 0 atom stereocenters. The molecule has 0 aromatic carbocycles. The number of hydrogen-bond donors (Lipinski definition) is 2. The van der Waals surface area contributed by atoms with E-state index in [0.717, 1.165) is 13.0 Å². The van der Waals surface area contributed by atoms with Crippen LogP contribution >= 0.6 is 0 Å². The van der Waals surface area contributed by atoms with Crippen molar-refractivity contribution in [3.05, 3.63) is 18.7 Å². The lowest BCUT2D eigenvalue weighted by Gasteiger charge is -2.08. The Morgan fingerprint density at radius 2 is 2.31 bits per heavy atom. The topological polar surface area (TPSA) is 59.0 Å². The van der Waals surface area contributed by atoms with Crippen LogP contribution in [-0.4, -0.2) is 34.6 Å². The summed E-state index contributed by atoms with van der Waals surface area (Å²) >= 11 is 0. The third-order valence-electron chi connectivity index (χ3n) is 2.15. The average Bonchev–Trinajstić information content (AvgIpc) is 2.74. The summed E-state index contributed by atoms with van der Waals surface area (Å²) in [5.74, 6) is 0.0549. The van der Waals surface area contributed by atoms with Crippen LogP contribution in [0.5, 0.6) is 0 Å². The van der Waals surface area contributed by atoms with Crippen LogP contribution in [0.1, 0.15) is 20.3 Å². The third kappa shape index (κ3) is 5.50. The van der Waals surface area contributed by atoms with E-state index in [1.54, 1.807) is 12.5 Å². The molecule has 0 aliphatic heterocycles. The minimum Gasteiger partial charge on any atom is -0.355 e. The van der Waals surface area contributed by atoms with Crippen LogP contribution < -0.4 is 10.6 Å². The summed E-state index contributed by atoms with van der Waals surface area (Å²) in [6, 6.07) is 0.344. The molecular weight excluding hydrogens is 204 g/mol. The van der Waals surface area contributed by atoms with Crippen LogP contribution in [0.4, 0.5) is 0 Å². The molecular formula is C11H20N4O. The minimum atomic E-state index is 0.0549. The van der Waals surface area contributed by atoms with Gasteiger partial charge in [0.15, 0.2) is 0 Å². The fourth-order valence-corrected chi connectivity index (χ4v) is 1.27. The van der Waals surface area contributed by atoms with Gasteiger partial charge in [0.25, 0.3) is 0 Å². The molecule has 0 radical (unpaired) electrons. The molecule has 90 valence electrons. The highest BCUT2D eigenvalue weighted by Gasteiger charge is 2.00. The molecule has 0 fully saturated rings. The number of aryl methyl sites for hydroxylation is 1. The Labute approximate surface area is 96.3 Å². The van der Waals surface area contributed by atoms with E-state index in [1.165, 1.54) is 0 Å². The van der Waals surface area contributed by atoms with Crippen LogP contribution in [0.3, 0.4) is 0 Å². The molecule has 16 heavy (non-hydrogen) atoms. The number of carbonyl (C=O) groups excluding carboxylic acids is 1. The molecule has 0 bridgehead atoms. The van der Waals surface area contributed by atoms with E-state index in [9.17, 15) is 4.79 Å². The first kappa shape index (κ1) is 12.7. The molecule has 1 aromatic heterocycles. The number of amides is 1. The standard InChI is InChI=1S/C11H20N4O/c1-10(2)14-8-11(16)13-4-3-6-15-7-5-12-9-15/h5,7,9-10,14H,3-4,6,8H2,1-2H3,(H,13,16). The van der Waals surface area contributed by atoms with Crippen LogP contribution in [0, 0.1) is 0 Å². The van der Waals surface area contributed by atoms with Crippen molar-refractivity contribution in [2.24, 2.45) is 0 Å². The van der Waals surface area contributed by atoms with Gasteiger partial charge in [-0.05, 0) is 6.42 Å². The van der Waals surface area contributed by atoms with E-state index in [0.29, 0.717) is 19.1 Å². The van der Waals surface area contributed by atoms with E-state index < -0.39 is 0 Å². The van der Waals surface area contributed by atoms with Gasteiger partial charge >= 0.3 is 0 Å². The van der Waals surface area contributed by atoms with Gasteiger partial charge in [0.05, 0.1) is 12.9 Å². The molecule has 0 aliphatic carbocycles. The van der Waals surface area contributed by atoms with Gasteiger partial charge in [0, 0.05) is 31.5 Å². The predicted molar refractivity (Wildman–Crippen MR) is 63.0 cm³/mol. The Bertz CT molecular complexity index is 295. The van der Waals surface area contributed by atoms with E-state index in [1.807, 2.05) is 24.6 Å². The molecule has 1 rings (SSSR count). The van der Waals surface area contributed by atoms with Crippen molar-refractivity contribution in [2.45, 2.75) is 32.9 Å². The number of nitrogens with zero attached hydrogens (tertiary/aromatic N) is 2. The van der Waals surface area contributed by atoms with Crippen molar-refractivity contribution in [2.75, 3.05) is 13.1 Å². The second-order valence-electron chi connectivity index (χ2n) is 4.04. The van der Waals surface area contributed by atoms with Gasteiger partial charge in [-0.1, -0.05) is 13.8 Å². The van der Waals surface area contributed by atoms with Gasteiger partial charge in [0.1, 0.15) is 0 Å². The Balaban J connectivity index is 2.00. The Morgan fingerprint density at radius 1 is 1.50 bits per heavy atom. The van der Waals surface area contributed by atoms with Gasteiger partial charge in [-0.25, -0.2) is 4.98 Å². The van der Waals surface area contributed by atoms with Gasteiger partial charge in [-0.2, -0.15) is 0 Å². The smallest absolute Gasteiger partial charge is 0.233 e. The molecule has 5 nitrogen and oxygen atoms in total. The minimum absolute atomic E-state index is 0.0549. The van der Waals surface area contributed by atoms with Crippen LogP contribution in [-0.2, 0) is 11.3 Å². The first-order valence-corrected chi connectivity index (χ1v) is 5.64. The summed E-state index contributed by atoms with van der Waals surface area (Å²) in [5.41, 5.74) is 0. The zero-order chi connectivity index (χ0) is 11.8. The number of hydrogen-bond acceptors (Lipinski definition) is 3. The van der Waals surface area contributed by atoms with Crippen molar-refractivity contribution in [1.82, 2.24) is 20.2 Å². The molecule has 2 N–H and O–H groups in total. The van der Waals surface area contributed by atoms with E-state index >= 15 is 0 Å². The highest BCUT2D eigenvalue weighted by Crippen LogP contribution is 1.88. The maximum Gasteiger partial charge on any atom is 0.233 e. The van der Waals surface area contributed by atoms with Crippen LogP contribution in [0.15, 0.2) is 18.7 Å². The molecule has 1 amide bonds. The zero-order valence-electron chi connectivity index (χ0n) is 9.94. The van der Waals surface area contributed by atoms with Crippen LogP contribution in [0.2, 0.25) is 0 Å². The van der Waals surface area contributed by atoms with Crippen molar-refractivity contribution in [3.8, 4) is 0 Å². The summed E-state index contributed by atoms with van der Waals surface area (Å²) in [6.07, 6.45) is 6.37. The molecule has 0 aliphatic rings. The van der Waals surface area contributed by atoms with Crippen molar-refractivity contribution in [3.63, 3.8) is 0 Å². The lowest BCUT2D eigenvalue weighted by atomic mass is 10.4. The number of aromatic nitrogens is 2. The van der Waals surface area contributed by atoms with Gasteiger partial charge in [0.2, 0.25) is 5.91 Å². The summed E-state index contributed by atoms with van der Waals surface area (Å²) in [7, 11) is 0. The SMILES string of the molecule is CC(C)NCC(=O)NCCCn1ccnc1. The maximum absolute atomic E-state index is 11.3. The first-order chi connectivity index (χ1) is 7.68. The van der Waals surface area contributed by atoms with Crippen LogP contribution in [0.25, 0.3) is 0 Å². The summed E-state index contributed by atoms with van der Waals surface area (Å²) < 4.78 is 2.00. The second-order valence-corrected chi connectivity index (χ2v) is 4.04. The monoisotopic (exact) mass is 224 g/mol. The fraction of sp³-hybridized carbons (Fsp3) is 0.636. The number of rotatable bonds is 7. The fourth-order valence-electron chi connectivity index (χ4n) is 1.27. The second kappa shape index (κ2) is 7.00. The molecule has 1 aromatic rings. The third-order valence-corrected chi connectivity index (χ3v) is 2.15. The number of carbonyl (C=O) groups is 1. The molecule has 0 unspecified atom stereocenters. The average molecular weight is 224 g/mol. The van der Waals surface area contributed by atoms with Gasteiger partial charge in [-0.15, -0.1) is 0 Å². The zero-order valence-corrected chi connectivity index (χ0v) is 9.94. The van der Waals surface area contributed by atoms with Crippen molar-refractivity contribution < 1.29 is 4.79 Å². The molecule has 1 heterocycles. The van der Waals surface area contributed by atoms with Crippen molar-refractivity contribution in [1.29, 1.82) is 0 Å². The lowest BCUT2D eigenvalue weighted by Crippen LogP contribution is -2.37. The van der Waals surface area contributed by atoms with E-state index in [-0.39, 0.29) is 5.91 Å². The lowest BCUT2D eigenvalue weighted by molar-refractivity contribution is -0.120. The van der Waals surface area contributed by atoms with Gasteiger partial charge < -0.3 is 15.2 Å². The summed E-state index contributed by atoms with van der Waals surface area (Å²) in [5, 5.41) is 5.94. The highest BCUT2D eigenvalue weighted by atomic mass is 16.1. The molecule has 0 saturated heterocycles. The first-order valence-electron chi connectivity index (χ1n) is 5.64. The maximum atomic E-state index is 11.3. The quantitative estimate of drug-likeness (QED) is 0.659. The Hall–Kier alpha value is -1.36. The predicted octanol–water partition coefficient (Wildman–Crippen LogP) is 0.387. The Kier molecular flexibility index (Phi) is 5.56. The largest absolute Gasteiger partial charge is 0.355 e. The molecule has 0 saturated carbocycles. The van der Waals surface area contributed by atoms with Gasteiger partial charge in [-0.3, -0.25) is 4.79 Å². The number of nitrogens with one attached hydrogen (secondary N) is 2. The summed E-state index contributed by atoms with van der Waals surface area (Å²) in [6.45, 7) is 6.02. The molecule has 5 heteroatoms. The Morgan fingerprint density at radius 3 is 2.94 bits per heavy atom. The number of imidazole rings is 1. The normalized spacial score (nSPS) is 10.7. The van der Waals surface area contributed by atoms with Crippen molar-refractivity contribution >= 4 is 5.91 Å².